The first-order valence-corrected chi connectivity index (χ1v) is 5.98. The molecule has 1 saturated heterocycles. The number of aromatic nitrogens is 1. The molecule has 3 rings (SSSR count). The van der Waals surface area contributed by atoms with Crippen LogP contribution < -0.4 is 10.2 Å². The normalized spacial score (nSPS) is 25.3. The molecule has 0 saturated carbocycles. The Hall–Kier alpha value is -1.29. The van der Waals surface area contributed by atoms with E-state index in [4.69, 9.17) is 0 Å². The summed E-state index contributed by atoms with van der Waals surface area (Å²) in [5, 5.41) is 3.43. The van der Waals surface area contributed by atoms with Gasteiger partial charge in [0.15, 0.2) is 0 Å². The Balaban J connectivity index is 1.95. The third-order valence-electron chi connectivity index (χ3n) is 3.55. The topological polar surface area (TPSA) is 31.4 Å². The van der Waals surface area contributed by atoms with E-state index in [0.29, 0.717) is 6.04 Å². The molecule has 1 fully saturated rings. The number of anilines is 2. The highest BCUT2D eigenvalue weighted by Crippen LogP contribution is 2.30. The SMILES string of the molecule is CN1CCN2c3cccnc3NCCC2C1. The predicted molar refractivity (Wildman–Crippen MR) is 66.0 cm³/mol. The van der Waals surface area contributed by atoms with Gasteiger partial charge in [0.1, 0.15) is 5.82 Å². The molecule has 0 bridgehead atoms. The van der Waals surface area contributed by atoms with Crippen LogP contribution in [0.25, 0.3) is 0 Å². The van der Waals surface area contributed by atoms with Crippen LogP contribution in [0.1, 0.15) is 6.42 Å². The van der Waals surface area contributed by atoms with Crippen LogP contribution in [-0.4, -0.2) is 49.2 Å². The molecule has 2 aliphatic rings. The van der Waals surface area contributed by atoms with E-state index in [-0.39, 0.29) is 0 Å². The molecular weight excluding hydrogens is 200 g/mol. The van der Waals surface area contributed by atoms with Crippen LogP contribution in [0.3, 0.4) is 0 Å². The van der Waals surface area contributed by atoms with Crippen LogP contribution in [-0.2, 0) is 0 Å². The number of nitrogens with zero attached hydrogens (tertiary/aromatic N) is 3. The minimum atomic E-state index is 0.636. The van der Waals surface area contributed by atoms with Gasteiger partial charge in [0.25, 0.3) is 0 Å². The van der Waals surface area contributed by atoms with E-state index in [1.54, 1.807) is 0 Å². The van der Waals surface area contributed by atoms with Gasteiger partial charge in [-0.2, -0.15) is 0 Å². The summed E-state index contributed by atoms with van der Waals surface area (Å²) in [6.45, 7) is 4.45. The molecule has 4 nitrogen and oxygen atoms in total. The fraction of sp³-hybridized carbons (Fsp3) is 0.583. The van der Waals surface area contributed by atoms with E-state index in [2.05, 4.69) is 33.2 Å². The highest BCUT2D eigenvalue weighted by molar-refractivity contribution is 5.67. The minimum Gasteiger partial charge on any atom is -0.368 e. The van der Waals surface area contributed by atoms with Crippen molar-refractivity contribution in [1.82, 2.24) is 9.88 Å². The molecule has 1 atom stereocenters. The summed E-state index contributed by atoms with van der Waals surface area (Å²) in [6.07, 6.45) is 3.06. The molecular formula is C12H18N4. The number of nitrogens with one attached hydrogen (secondary N) is 1. The fourth-order valence-corrected chi connectivity index (χ4v) is 2.70. The zero-order valence-electron chi connectivity index (χ0n) is 9.69. The van der Waals surface area contributed by atoms with Gasteiger partial charge in [-0.1, -0.05) is 0 Å². The molecule has 1 aromatic rings. The summed E-state index contributed by atoms with van der Waals surface area (Å²) >= 11 is 0. The summed E-state index contributed by atoms with van der Waals surface area (Å²) < 4.78 is 0. The van der Waals surface area contributed by atoms with Crippen molar-refractivity contribution in [3.05, 3.63) is 18.3 Å². The van der Waals surface area contributed by atoms with Gasteiger partial charge in [-0.05, 0) is 25.6 Å². The van der Waals surface area contributed by atoms with Gasteiger partial charge >= 0.3 is 0 Å². The molecule has 0 aliphatic carbocycles. The lowest BCUT2D eigenvalue weighted by molar-refractivity contribution is 0.264. The largest absolute Gasteiger partial charge is 0.368 e. The standard InChI is InChI=1S/C12H18N4/c1-15-7-8-16-10(9-15)4-6-14-12-11(16)3-2-5-13-12/h2-3,5,10H,4,6-9H2,1H3,(H,13,14). The summed E-state index contributed by atoms with van der Waals surface area (Å²) in [5.41, 5.74) is 1.28. The predicted octanol–water partition coefficient (Wildman–Crippen LogP) is 1.02. The van der Waals surface area contributed by atoms with Gasteiger partial charge in [0.05, 0.1) is 5.69 Å². The summed E-state index contributed by atoms with van der Waals surface area (Å²) in [4.78, 5) is 9.36. The fourth-order valence-electron chi connectivity index (χ4n) is 2.70. The Labute approximate surface area is 96.3 Å². The first kappa shape index (κ1) is 9.90. The van der Waals surface area contributed by atoms with Crippen molar-refractivity contribution in [1.29, 1.82) is 0 Å². The number of fused-ring (bicyclic) bond motifs is 3. The van der Waals surface area contributed by atoms with E-state index in [0.717, 1.165) is 32.0 Å². The van der Waals surface area contributed by atoms with Crippen molar-refractivity contribution >= 4 is 11.5 Å². The maximum atomic E-state index is 4.42. The van der Waals surface area contributed by atoms with Crippen molar-refractivity contribution in [2.45, 2.75) is 12.5 Å². The first-order chi connectivity index (χ1) is 7.84. The van der Waals surface area contributed by atoms with Crippen molar-refractivity contribution in [3.8, 4) is 0 Å². The second-order valence-corrected chi connectivity index (χ2v) is 4.70. The summed E-state index contributed by atoms with van der Waals surface area (Å²) in [6, 6.07) is 4.84. The molecule has 0 spiro atoms. The van der Waals surface area contributed by atoms with Crippen LogP contribution in [0, 0.1) is 0 Å². The Morgan fingerprint density at radius 1 is 1.44 bits per heavy atom. The van der Waals surface area contributed by atoms with Crippen LogP contribution in [0.15, 0.2) is 18.3 Å². The van der Waals surface area contributed by atoms with Crippen molar-refractivity contribution in [2.75, 3.05) is 43.4 Å². The second kappa shape index (κ2) is 3.94. The molecule has 0 aromatic carbocycles. The average Bonchev–Trinajstić information content (AvgIpc) is 2.47. The smallest absolute Gasteiger partial charge is 0.149 e. The van der Waals surface area contributed by atoms with E-state index >= 15 is 0 Å². The van der Waals surface area contributed by atoms with Crippen molar-refractivity contribution in [3.63, 3.8) is 0 Å². The number of likely N-dealkylation sites (N-methyl/N-ethyl adjacent to an activating group) is 1. The molecule has 4 heteroatoms. The summed E-state index contributed by atoms with van der Waals surface area (Å²) in [7, 11) is 2.21. The van der Waals surface area contributed by atoms with E-state index in [1.807, 2.05) is 12.3 Å². The van der Waals surface area contributed by atoms with Crippen molar-refractivity contribution < 1.29 is 0 Å². The zero-order chi connectivity index (χ0) is 11.0. The molecule has 1 unspecified atom stereocenters. The molecule has 86 valence electrons. The molecule has 16 heavy (non-hydrogen) atoms. The van der Waals surface area contributed by atoms with Crippen LogP contribution in [0.4, 0.5) is 11.5 Å². The maximum Gasteiger partial charge on any atom is 0.149 e. The van der Waals surface area contributed by atoms with Gasteiger partial charge in [0.2, 0.25) is 0 Å². The highest BCUT2D eigenvalue weighted by atomic mass is 15.3. The Morgan fingerprint density at radius 2 is 2.38 bits per heavy atom. The number of piperazine rings is 1. The molecule has 2 aliphatic heterocycles. The minimum absolute atomic E-state index is 0.636. The van der Waals surface area contributed by atoms with Crippen molar-refractivity contribution in [2.24, 2.45) is 0 Å². The van der Waals surface area contributed by atoms with Gasteiger partial charge in [-0.25, -0.2) is 4.98 Å². The van der Waals surface area contributed by atoms with Gasteiger partial charge < -0.3 is 15.1 Å². The molecule has 1 aromatic heterocycles. The van der Waals surface area contributed by atoms with E-state index in [9.17, 15) is 0 Å². The van der Waals surface area contributed by atoms with Gasteiger partial charge in [-0.15, -0.1) is 0 Å². The number of hydrogen-bond acceptors (Lipinski definition) is 4. The van der Waals surface area contributed by atoms with Crippen LogP contribution >= 0.6 is 0 Å². The van der Waals surface area contributed by atoms with E-state index < -0.39 is 0 Å². The Bertz CT molecular complexity index is 379. The molecule has 0 amide bonds. The molecule has 1 N–H and O–H groups in total. The zero-order valence-corrected chi connectivity index (χ0v) is 9.69. The number of rotatable bonds is 0. The third-order valence-corrected chi connectivity index (χ3v) is 3.55. The third kappa shape index (κ3) is 1.63. The Morgan fingerprint density at radius 3 is 3.31 bits per heavy atom. The Kier molecular flexibility index (Phi) is 2.44. The number of pyridine rings is 1. The lowest BCUT2D eigenvalue weighted by Crippen LogP contribution is -2.51. The van der Waals surface area contributed by atoms with E-state index in [1.165, 1.54) is 12.1 Å². The summed E-state index contributed by atoms with van der Waals surface area (Å²) in [5.74, 6) is 1.05. The number of hydrogen-bond donors (Lipinski definition) is 1. The first-order valence-electron chi connectivity index (χ1n) is 5.98. The second-order valence-electron chi connectivity index (χ2n) is 4.70. The average molecular weight is 218 g/mol. The monoisotopic (exact) mass is 218 g/mol. The lowest BCUT2D eigenvalue weighted by Gasteiger charge is -2.40. The quantitative estimate of drug-likeness (QED) is 0.704. The molecule has 0 radical (unpaired) electrons. The van der Waals surface area contributed by atoms with Crippen LogP contribution in [0.2, 0.25) is 0 Å². The van der Waals surface area contributed by atoms with Gasteiger partial charge in [0, 0.05) is 38.4 Å². The highest BCUT2D eigenvalue weighted by Gasteiger charge is 2.28. The van der Waals surface area contributed by atoms with Gasteiger partial charge in [-0.3, -0.25) is 0 Å². The maximum absolute atomic E-state index is 4.42. The lowest BCUT2D eigenvalue weighted by atomic mass is 10.1. The molecule has 3 heterocycles. The van der Waals surface area contributed by atoms with Crippen LogP contribution in [0.5, 0.6) is 0 Å².